The summed E-state index contributed by atoms with van der Waals surface area (Å²) >= 11 is 0. The van der Waals surface area contributed by atoms with Crippen molar-refractivity contribution in [3.63, 3.8) is 0 Å². The first kappa shape index (κ1) is 13.7. The van der Waals surface area contributed by atoms with E-state index in [0.29, 0.717) is 0 Å². The molecule has 0 atom stereocenters. The molecule has 0 aromatic carbocycles. The summed E-state index contributed by atoms with van der Waals surface area (Å²) in [5.74, 6) is 0. The first-order valence-corrected chi connectivity index (χ1v) is 4.55. The van der Waals surface area contributed by atoms with Crippen LogP contribution in [-0.4, -0.2) is 9.97 Å². The van der Waals surface area contributed by atoms with Gasteiger partial charge in [-0.2, -0.15) is 0 Å². The Hall–Kier alpha value is -0.920. The molecule has 0 spiro atoms. The summed E-state index contributed by atoms with van der Waals surface area (Å²) < 4.78 is 0. The second-order valence-corrected chi connectivity index (χ2v) is 1.73. The third kappa shape index (κ3) is 5.83. The van der Waals surface area contributed by atoms with Crippen LogP contribution in [0.1, 0.15) is 39.1 Å². The highest BCUT2D eigenvalue weighted by molar-refractivity contribution is 5.04. The number of hydrogen-bond acceptors (Lipinski definition) is 2. The van der Waals surface area contributed by atoms with Crippen molar-refractivity contribution in [1.82, 2.24) is 9.97 Å². The fourth-order valence-electron chi connectivity index (χ4n) is 0.477. The molecule has 70 valence electrons. The van der Waals surface area contributed by atoms with Crippen LogP contribution in [0.4, 0.5) is 0 Å². The van der Waals surface area contributed by atoms with Crippen LogP contribution >= 0.6 is 0 Å². The molecule has 0 aliphatic rings. The van der Waals surface area contributed by atoms with E-state index in [2.05, 4.69) is 9.97 Å². The van der Waals surface area contributed by atoms with Gasteiger partial charge in [-0.1, -0.05) is 27.7 Å². The van der Waals surface area contributed by atoms with Gasteiger partial charge in [0.1, 0.15) is 0 Å². The average molecular weight is 168 g/mol. The zero-order valence-electron chi connectivity index (χ0n) is 9.05. The fraction of sp³-hybridized carbons (Fsp3) is 0.600. The van der Waals surface area contributed by atoms with Crippen molar-refractivity contribution >= 4 is 0 Å². The number of rotatable bonds is 0. The van der Waals surface area contributed by atoms with E-state index in [1.165, 1.54) is 0 Å². The van der Waals surface area contributed by atoms with Crippen LogP contribution in [0.15, 0.2) is 12.4 Å². The molecule has 1 aromatic heterocycles. The monoisotopic (exact) mass is 168 g/mol. The van der Waals surface area contributed by atoms with E-state index in [4.69, 9.17) is 0 Å². The third-order valence-electron chi connectivity index (χ3n) is 1.13. The van der Waals surface area contributed by atoms with E-state index < -0.39 is 0 Å². The molecule has 0 aliphatic carbocycles. The molecule has 1 heterocycles. The van der Waals surface area contributed by atoms with Crippen molar-refractivity contribution in [2.45, 2.75) is 41.5 Å². The Kier molecular flexibility index (Phi) is 11.5. The van der Waals surface area contributed by atoms with Gasteiger partial charge in [0, 0.05) is 12.4 Å². The molecular weight excluding hydrogens is 148 g/mol. The molecule has 1 rings (SSSR count). The molecule has 0 bridgehead atoms. The van der Waals surface area contributed by atoms with Gasteiger partial charge in [0.2, 0.25) is 0 Å². The Labute approximate surface area is 76.1 Å². The van der Waals surface area contributed by atoms with Crippen LogP contribution in [0.25, 0.3) is 0 Å². The lowest BCUT2D eigenvalue weighted by Gasteiger charge is -1.91. The molecule has 2 heteroatoms. The first-order chi connectivity index (χ1) is 5.80. The number of nitrogens with zero attached hydrogens (tertiary/aromatic N) is 2. The van der Waals surface area contributed by atoms with E-state index >= 15 is 0 Å². The predicted octanol–water partition coefficient (Wildman–Crippen LogP) is 3.15. The number of hydrogen-bond donors (Lipinski definition) is 0. The minimum absolute atomic E-state index is 1.01. The molecule has 0 unspecified atom stereocenters. The van der Waals surface area contributed by atoms with Crippen molar-refractivity contribution in [3.05, 3.63) is 23.8 Å². The topological polar surface area (TPSA) is 25.8 Å². The minimum atomic E-state index is 1.01. The predicted molar refractivity (Wildman–Crippen MR) is 54.2 cm³/mol. The molecular formula is C10H20N2. The van der Waals surface area contributed by atoms with E-state index in [1.54, 1.807) is 12.4 Å². The summed E-state index contributed by atoms with van der Waals surface area (Å²) in [6.45, 7) is 11.9. The van der Waals surface area contributed by atoms with Gasteiger partial charge in [-0.25, -0.2) is 0 Å². The van der Waals surface area contributed by atoms with Crippen LogP contribution in [0.2, 0.25) is 0 Å². The molecule has 0 aliphatic heterocycles. The lowest BCUT2D eigenvalue weighted by molar-refractivity contribution is 1.05. The van der Waals surface area contributed by atoms with E-state index in [-0.39, 0.29) is 0 Å². The Morgan fingerprint density at radius 3 is 1.17 bits per heavy atom. The molecule has 0 fully saturated rings. The van der Waals surface area contributed by atoms with Gasteiger partial charge in [0.05, 0.1) is 11.4 Å². The summed E-state index contributed by atoms with van der Waals surface area (Å²) in [6.07, 6.45) is 3.39. The SMILES string of the molecule is CC.CC.Cc1nccnc1C. The van der Waals surface area contributed by atoms with Crippen LogP contribution in [0, 0.1) is 13.8 Å². The summed E-state index contributed by atoms with van der Waals surface area (Å²) in [7, 11) is 0. The molecule has 0 radical (unpaired) electrons. The largest absolute Gasteiger partial charge is 0.258 e. The van der Waals surface area contributed by atoms with Crippen molar-refractivity contribution in [1.29, 1.82) is 0 Å². The summed E-state index contributed by atoms with van der Waals surface area (Å²) in [5, 5.41) is 0. The molecule has 2 nitrogen and oxygen atoms in total. The summed E-state index contributed by atoms with van der Waals surface area (Å²) in [6, 6.07) is 0. The molecule has 0 saturated heterocycles. The summed E-state index contributed by atoms with van der Waals surface area (Å²) in [4.78, 5) is 8.03. The molecule has 0 N–H and O–H groups in total. The van der Waals surface area contributed by atoms with Gasteiger partial charge in [-0.3, -0.25) is 9.97 Å². The average Bonchev–Trinajstić information content (AvgIpc) is 2.17. The quantitative estimate of drug-likeness (QED) is 0.594. The van der Waals surface area contributed by atoms with Crippen molar-refractivity contribution in [3.8, 4) is 0 Å². The second-order valence-electron chi connectivity index (χ2n) is 1.73. The first-order valence-electron chi connectivity index (χ1n) is 4.55. The smallest absolute Gasteiger partial charge is 0.0584 e. The third-order valence-corrected chi connectivity index (χ3v) is 1.13. The number of aromatic nitrogens is 2. The van der Waals surface area contributed by atoms with Gasteiger partial charge in [-0.05, 0) is 13.8 Å². The van der Waals surface area contributed by atoms with Crippen molar-refractivity contribution < 1.29 is 0 Å². The maximum Gasteiger partial charge on any atom is 0.0584 e. The Balaban J connectivity index is 0. The lowest BCUT2D eigenvalue weighted by Crippen LogP contribution is -1.87. The highest BCUT2D eigenvalue weighted by atomic mass is 14.8. The van der Waals surface area contributed by atoms with E-state index in [0.717, 1.165) is 11.4 Å². The van der Waals surface area contributed by atoms with Gasteiger partial charge >= 0.3 is 0 Å². The van der Waals surface area contributed by atoms with Crippen molar-refractivity contribution in [2.75, 3.05) is 0 Å². The minimum Gasteiger partial charge on any atom is -0.258 e. The Bertz CT molecular complexity index is 164. The van der Waals surface area contributed by atoms with Gasteiger partial charge < -0.3 is 0 Å². The van der Waals surface area contributed by atoms with E-state index in [9.17, 15) is 0 Å². The van der Waals surface area contributed by atoms with Crippen LogP contribution in [0.5, 0.6) is 0 Å². The Morgan fingerprint density at radius 2 is 1.00 bits per heavy atom. The highest BCUT2D eigenvalue weighted by Crippen LogP contribution is 1.93. The molecule has 0 amide bonds. The van der Waals surface area contributed by atoms with Gasteiger partial charge in [0.15, 0.2) is 0 Å². The van der Waals surface area contributed by atoms with Crippen LogP contribution in [0.3, 0.4) is 0 Å². The standard InChI is InChI=1S/C6H8N2.2C2H6/c1-5-6(2)8-4-3-7-5;2*1-2/h3-4H,1-2H3;2*1-2H3. The lowest BCUT2D eigenvalue weighted by atomic mass is 10.4. The van der Waals surface area contributed by atoms with Crippen molar-refractivity contribution in [2.24, 2.45) is 0 Å². The molecule has 1 aromatic rings. The zero-order valence-corrected chi connectivity index (χ0v) is 9.05. The zero-order chi connectivity index (χ0) is 9.98. The molecule has 12 heavy (non-hydrogen) atoms. The highest BCUT2D eigenvalue weighted by Gasteiger charge is 1.87. The molecule has 0 saturated carbocycles. The van der Waals surface area contributed by atoms with Crippen LogP contribution < -0.4 is 0 Å². The Morgan fingerprint density at radius 1 is 0.750 bits per heavy atom. The second kappa shape index (κ2) is 10.1. The maximum atomic E-state index is 4.02. The van der Waals surface area contributed by atoms with Crippen LogP contribution in [-0.2, 0) is 0 Å². The normalized spacial score (nSPS) is 7.17. The number of aryl methyl sites for hydroxylation is 2. The van der Waals surface area contributed by atoms with E-state index in [1.807, 2.05) is 41.5 Å². The van der Waals surface area contributed by atoms with Gasteiger partial charge in [0.25, 0.3) is 0 Å². The maximum absolute atomic E-state index is 4.02. The fourth-order valence-corrected chi connectivity index (χ4v) is 0.477. The van der Waals surface area contributed by atoms with Gasteiger partial charge in [-0.15, -0.1) is 0 Å². The summed E-state index contributed by atoms with van der Waals surface area (Å²) in [5.41, 5.74) is 2.01.